The molecule has 0 aliphatic heterocycles. The molecule has 2 rings (SSSR count). The zero-order valence-corrected chi connectivity index (χ0v) is 12.2. The van der Waals surface area contributed by atoms with Gasteiger partial charge in [0.15, 0.2) is 17.3 Å². The highest BCUT2D eigenvalue weighted by atomic mass is 16.6. The summed E-state index contributed by atoms with van der Waals surface area (Å²) >= 11 is 0. The maximum atomic E-state index is 11.4. The minimum atomic E-state index is -0.643. The maximum absolute atomic E-state index is 11.4. The van der Waals surface area contributed by atoms with E-state index < -0.39 is 10.9 Å². The lowest BCUT2D eigenvalue weighted by Crippen LogP contribution is -2.05. The van der Waals surface area contributed by atoms with Gasteiger partial charge in [0.2, 0.25) is 0 Å². The molecule has 0 aliphatic carbocycles. The first-order valence-electron chi connectivity index (χ1n) is 6.34. The fourth-order valence-electron chi connectivity index (χ4n) is 1.60. The number of carbonyl (C=O) groups is 2. The van der Waals surface area contributed by atoms with E-state index in [1.54, 1.807) is 0 Å². The third-order valence-electron chi connectivity index (χ3n) is 2.63. The second-order valence-electron chi connectivity index (χ2n) is 4.39. The van der Waals surface area contributed by atoms with Crippen LogP contribution in [0.1, 0.15) is 24.2 Å². The van der Waals surface area contributed by atoms with Crippen LogP contribution < -0.4 is 9.47 Å². The number of hydrogen-bond donors (Lipinski definition) is 0. The smallest absolute Gasteiger partial charge is 0.322 e. The van der Waals surface area contributed by atoms with Crippen molar-refractivity contribution < 1.29 is 24.0 Å². The highest BCUT2D eigenvalue weighted by molar-refractivity contribution is 5.94. The summed E-state index contributed by atoms with van der Waals surface area (Å²) in [5.74, 6) is -0.692. The summed E-state index contributed by atoms with van der Waals surface area (Å²) in [5.41, 5.74) is 0.0442. The molecular formula is C14H11N3O6. The van der Waals surface area contributed by atoms with Crippen LogP contribution in [0, 0.1) is 10.1 Å². The lowest BCUT2D eigenvalue weighted by molar-refractivity contribution is -0.385. The van der Waals surface area contributed by atoms with Gasteiger partial charge in [0.25, 0.3) is 0 Å². The van der Waals surface area contributed by atoms with E-state index in [9.17, 15) is 19.7 Å². The number of esters is 1. The summed E-state index contributed by atoms with van der Waals surface area (Å²) in [6.45, 7) is 2.57. The van der Waals surface area contributed by atoms with Gasteiger partial charge in [-0.15, -0.1) is 0 Å². The van der Waals surface area contributed by atoms with Crippen LogP contribution in [0.5, 0.6) is 17.5 Å². The Bertz CT molecular complexity index is 773. The standard InChI is InChI=1S/C14H11N3O6/c1-8(18)10-3-4-12(13(5-10)22-9(2)19)23-14-15-6-11(7-16-14)17(20)21/h3-7H,1-2H3. The fraction of sp³-hybridized carbons (Fsp3) is 0.143. The molecule has 0 atom stereocenters. The van der Waals surface area contributed by atoms with Gasteiger partial charge in [-0.3, -0.25) is 19.7 Å². The van der Waals surface area contributed by atoms with Crippen molar-refractivity contribution in [3.05, 3.63) is 46.3 Å². The van der Waals surface area contributed by atoms with Crippen LogP contribution in [0.25, 0.3) is 0 Å². The molecule has 1 heterocycles. The number of ether oxygens (including phenoxy) is 2. The van der Waals surface area contributed by atoms with Gasteiger partial charge in [0.05, 0.1) is 4.92 Å². The van der Waals surface area contributed by atoms with Crippen molar-refractivity contribution in [1.82, 2.24) is 9.97 Å². The molecule has 0 unspecified atom stereocenters. The van der Waals surface area contributed by atoms with Gasteiger partial charge in [-0.1, -0.05) is 0 Å². The van der Waals surface area contributed by atoms with Gasteiger partial charge in [-0.2, -0.15) is 9.97 Å². The number of carbonyl (C=O) groups excluding carboxylic acids is 2. The Morgan fingerprint density at radius 1 is 1.13 bits per heavy atom. The molecule has 0 amide bonds. The first-order valence-corrected chi connectivity index (χ1v) is 6.34. The first kappa shape index (κ1) is 16.0. The maximum Gasteiger partial charge on any atom is 0.322 e. The predicted molar refractivity (Wildman–Crippen MR) is 76.5 cm³/mol. The van der Waals surface area contributed by atoms with Gasteiger partial charge in [0.1, 0.15) is 12.4 Å². The highest BCUT2D eigenvalue weighted by Crippen LogP contribution is 2.31. The van der Waals surface area contributed by atoms with Crippen molar-refractivity contribution in [1.29, 1.82) is 0 Å². The number of ketones is 1. The summed E-state index contributed by atoms with van der Waals surface area (Å²) < 4.78 is 10.3. The van der Waals surface area contributed by atoms with Gasteiger partial charge >= 0.3 is 17.7 Å². The summed E-state index contributed by atoms with van der Waals surface area (Å²) in [6.07, 6.45) is 1.97. The molecule has 0 fully saturated rings. The largest absolute Gasteiger partial charge is 0.423 e. The van der Waals surface area contributed by atoms with E-state index in [4.69, 9.17) is 9.47 Å². The molecule has 0 saturated heterocycles. The number of aromatic nitrogens is 2. The average Bonchev–Trinajstić information content (AvgIpc) is 2.48. The minimum Gasteiger partial charge on any atom is -0.423 e. The van der Waals surface area contributed by atoms with Gasteiger partial charge < -0.3 is 9.47 Å². The summed E-state index contributed by atoms with van der Waals surface area (Å²) in [6, 6.07) is 4.08. The van der Waals surface area contributed by atoms with Gasteiger partial charge in [0, 0.05) is 12.5 Å². The average molecular weight is 317 g/mol. The van der Waals surface area contributed by atoms with E-state index in [1.165, 1.54) is 32.0 Å². The third kappa shape index (κ3) is 4.06. The molecule has 0 spiro atoms. The zero-order chi connectivity index (χ0) is 17.0. The Morgan fingerprint density at radius 3 is 2.30 bits per heavy atom. The van der Waals surface area contributed by atoms with E-state index in [1.807, 2.05) is 0 Å². The van der Waals surface area contributed by atoms with Crippen LogP contribution in [0.3, 0.4) is 0 Å². The Kier molecular flexibility index (Phi) is 4.60. The van der Waals surface area contributed by atoms with Crippen molar-refractivity contribution in [2.75, 3.05) is 0 Å². The van der Waals surface area contributed by atoms with Crippen molar-refractivity contribution in [2.45, 2.75) is 13.8 Å². The number of benzene rings is 1. The van der Waals surface area contributed by atoms with E-state index in [2.05, 4.69) is 9.97 Å². The predicted octanol–water partition coefficient (Wildman–Crippen LogP) is 2.31. The lowest BCUT2D eigenvalue weighted by atomic mass is 10.1. The molecule has 0 aliphatic rings. The SMILES string of the molecule is CC(=O)Oc1cc(C(C)=O)ccc1Oc1ncc([N+](=O)[O-])cn1. The number of Topliss-reactive ketones (excluding diaryl/α,β-unsaturated/α-hetero) is 1. The van der Waals surface area contributed by atoms with Crippen LogP contribution in [0.15, 0.2) is 30.6 Å². The molecule has 0 radical (unpaired) electrons. The molecule has 2 aromatic rings. The summed E-state index contributed by atoms with van der Waals surface area (Å²) in [7, 11) is 0. The van der Waals surface area contributed by atoms with Crippen molar-refractivity contribution in [3.63, 3.8) is 0 Å². The Morgan fingerprint density at radius 2 is 1.78 bits per heavy atom. The molecule has 23 heavy (non-hydrogen) atoms. The van der Waals surface area contributed by atoms with Gasteiger partial charge in [-0.05, 0) is 25.1 Å². The Balaban J connectivity index is 2.32. The van der Waals surface area contributed by atoms with Crippen LogP contribution >= 0.6 is 0 Å². The van der Waals surface area contributed by atoms with Gasteiger partial charge in [-0.25, -0.2) is 0 Å². The molecule has 118 valence electrons. The third-order valence-corrected chi connectivity index (χ3v) is 2.63. The monoisotopic (exact) mass is 317 g/mol. The molecular weight excluding hydrogens is 306 g/mol. The van der Waals surface area contributed by atoms with Crippen LogP contribution in [0.4, 0.5) is 5.69 Å². The second-order valence-corrected chi connectivity index (χ2v) is 4.39. The van der Waals surface area contributed by atoms with E-state index >= 15 is 0 Å². The molecule has 0 N–H and O–H groups in total. The molecule has 1 aromatic heterocycles. The van der Waals surface area contributed by atoms with Crippen molar-refractivity contribution in [2.24, 2.45) is 0 Å². The van der Waals surface area contributed by atoms with Crippen molar-refractivity contribution >= 4 is 17.4 Å². The number of hydrogen-bond acceptors (Lipinski definition) is 8. The van der Waals surface area contributed by atoms with E-state index in [0.717, 1.165) is 12.4 Å². The second kappa shape index (κ2) is 6.60. The Labute approximate surface area is 130 Å². The highest BCUT2D eigenvalue weighted by Gasteiger charge is 2.14. The van der Waals surface area contributed by atoms with E-state index in [0.29, 0.717) is 5.56 Å². The van der Waals surface area contributed by atoms with Crippen LogP contribution in [-0.2, 0) is 4.79 Å². The molecule has 0 saturated carbocycles. The number of nitro groups is 1. The normalized spacial score (nSPS) is 10.0. The molecule has 1 aromatic carbocycles. The summed E-state index contributed by atoms with van der Waals surface area (Å²) in [5, 5.41) is 10.5. The molecule has 9 nitrogen and oxygen atoms in total. The minimum absolute atomic E-state index is 0.0205. The molecule has 0 bridgehead atoms. The molecule has 9 heteroatoms. The van der Waals surface area contributed by atoms with Crippen molar-refractivity contribution in [3.8, 4) is 17.5 Å². The topological polar surface area (TPSA) is 122 Å². The van der Waals surface area contributed by atoms with Crippen LogP contribution in [-0.4, -0.2) is 26.6 Å². The quantitative estimate of drug-likeness (QED) is 0.271. The number of nitrogens with zero attached hydrogens (tertiary/aromatic N) is 3. The number of rotatable bonds is 5. The van der Waals surface area contributed by atoms with E-state index in [-0.39, 0.29) is 29.0 Å². The lowest BCUT2D eigenvalue weighted by Gasteiger charge is -2.10. The zero-order valence-electron chi connectivity index (χ0n) is 12.2. The van der Waals surface area contributed by atoms with Crippen LogP contribution in [0.2, 0.25) is 0 Å². The first-order chi connectivity index (χ1) is 10.9. The Hall–Kier alpha value is -3.36. The fourth-order valence-corrected chi connectivity index (χ4v) is 1.60. The summed E-state index contributed by atoms with van der Waals surface area (Å²) in [4.78, 5) is 39.8.